The Morgan fingerprint density at radius 3 is 2.86 bits per heavy atom. The van der Waals surface area contributed by atoms with Crippen molar-refractivity contribution in [1.82, 2.24) is 4.98 Å². The van der Waals surface area contributed by atoms with Gasteiger partial charge in [0.15, 0.2) is 17.2 Å². The summed E-state index contributed by atoms with van der Waals surface area (Å²) in [6.45, 7) is 4.38. The first-order chi connectivity index (χ1) is 9.95. The average molecular weight is 305 g/mol. The van der Waals surface area contributed by atoms with Crippen LogP contribution in [0.25, 0.3) is 0 Å². The maximum Gasteiger partial charge on any atom is 0.355 e. The van der Waals surface area contributed by atoms with Crippen molar-refractivity contribution in [2.75, 3.05) is 6.79 Å². The summed E-state index contributed by atoms with van der Waals surface area (Å²) in [6.07, 6.45) is 0.746. The third kappa shape index (κ3) is 2.71. The number of fused-ring (bicyclic) bond motifs is 1. The summed E-state index contributed by atoms with van der Waals surface area (Å²) in [6, 6.07) is 5.87. The molecule has 1 aromatic heterocycles. The molecule has 0 amide bonds. The number of hydrogen-bond acceptors (Lipinski definition) is 5. The summed E-state index contributed by atoms with van der Waals surface area (Å²) < 4.78 is 10.7. The molecule has 5 nitrogen and oxygen atoms in total. The number of hydrogen-bond donors (Lipinski definition) is 1. The highest BCUT2D eigenvalue weighted by atomic mass is 32.1. The maximum absolute atomic E-state index is 10.9. The fraction of sp³-hybridized carbons (Fsp3) is 0.333. The number of carboxylic acids is 1. The molecule has 2 aromatic rings. The van der Waals surface area contributed by atoms with Crippen LogP contribution < -0.4 is 9.47 Å². The van der Waals surface area contributed by atoms with E-state index in [0.717, 1.165) is 28.5 Å². The minimum absolute atomic E-state index is 0.105. The van der Waals surface area contributed by atoms with Crippen molar-refractivity contribution in [3.63, 3.8) is 0 Å². The number of thiazole rings is 1. The van der Waals surface area contributed by atoms with Crippen molar-refractivity contribution < 1.29 is 19.4 Å². The van der Waals surface area contributed by atoms with Crippen LogP contribution in [0.4, 0.5) is 0 Å². The van der Waals surface area contributed by atoms with Gasteiger partial charge in [0.25, 0.3) is 0 Å². The molecule has 0 spiro atoms. The quantitative estimate of drug-likeness (QED) is 0.940. The predicted molar refractivity (Wildman–Crippen MR) is 78.4 cm³/mol. The Morgan fingerprint density at radius 2 is 2.14 bits per heavy atom. The van der Waals surface area contributed by atoms with Crippen LogP contribution in [-0.2, 0) is 11.8 Å². The summed E-state index contributed by atoms with van der Waals surface area (Å²) in [5.41, 5.74) is 0.969. The first kappa shape index (κ1) is 13.9. The molecule has 0 aliphatic carbocycles. The summed E-state index contributed by atoms with van der Waals surface area (Å²) in [5, 5.41) is 11.4. The lowest BCUT2D eigenvalue weighted by molar-refractivity contribution is 0.0691. The molecule has 6 heteroatoms. The first-order valence-electron chi connectivity index (χ1n) is 6.53. The number of aromatic carboxylic acids is 1. The minimum atomic E-state index is -0.989. The van der Waals surface area contributed by atoms with E-state index in [2.05, 4.69) is 18.8 Å². The van der Waals surface area contributed by atoms with Crippen LogP contribution in [0.1, 0.15) is 34.9 Å². The smallest absolute Gasteiger partial charge is 0.355 e. The van der Waals surface area contributed by atoms with Gasteiger partial charge in [-0.05, 0) is 24.1 Å². The van der Waals surface area contributed by atoms with Crippen LogP contribution in [0.5, 0.6) is 11.5 Å². The Hall–Kier alpha value is -2.08. The second-order valence-corrected chi connectivity index (χ2v) is 6.45. The Bertz CT molecular complexity index is 693. The van der Waals surface area contributed by atoms with Gasteiger partial charge in [0.2, 0.25) is 6.79 Å². The number of rotatable bonds is 4. The van der Waals surface area contributed by atoms with E-state index >= 15 is 0 Å². The Morgan fingerprint density at radius 1 is 1.38 bits per heavy atom. The second kappa shape index (κ2) is 5.04. The van der Waals surface area contributed by atoms with Crippen molar-refractivity contribution in [1.29, 1.82) is 0 Å². The molecule has 0 radical (unpaired) electrons. The van der Waals surface area contributed by atoms with E-state index in [1.807, 2.05) is 18.2 Å². The van der Waals surface area contributed by atoms with Gasteiger partial charge in [0.05, 0.1) is 5.01 Å². The molecular formula is C15H15NO4S. The molecular weight excluding hydrogens is 290 g/mol. The molecule has 110 valence electrons. The molecule has 3 rings (SSSR count). The largest absolute Gasteiger partial charge is 0.476 e. The average Bonchev–Trinajstić information content (AvgIpc) is 3.07. The van der Waals surface area contributed by atoms with Crippen LogP contribution in [0, 0.1) is 0 Å². The lowest BCUT2D eigenvalue weighted by Crippen LogP contribution is -2.20. The molecule has 1 aliphatic heterocycles. The van der Waals surface area contributed by atoms with Crippen molar-refractivity contribution in [2.45, 2.75) is 25.7 Å². The van der Waals surface area contributed by atoms with E-state index in [1.165, 1.54) is 11.3 Å². The fourth-order valence-electron chi connectivity index (χ4n) is 2.32. The van der Waals surface area contributed by atoms with E-state index in [1.54, 1.807) is 5.38 Å². The monoisotopic (exact) mass is 305 g/mol. The van der Waals surface area contributed by atoms with Gasteiger partial charge < -0.3 is 14.6 Å². The van der Waals surface area contributed by atoms with Crippen molar-refractivity contribution in [3.05, 3.63) is 39.8 Å². The highest BCUT2D eigenvalue weighted by Crippen LogP contribution is 2.36. The SMILES string of the molecule is CC(C)(Cc1ccc2c(c1)OCO2)c1nc(C(=O)O)cs1. The topological polar surface area (TPSA) is 68.7 Å². The summed E-state index contributed by atoms with van der Waals surface area (Å²) in [5.74, 6) is 0.531. The van der Waals surface area contributed by atoms with E-state index < -0.39 is 5.97 Å². The zero-order valence-electron chi connectivity index (χ0n) is 11.8. The molecule has 21 heavy (non-hydrogen) atoms. The zero-order valence-corrected chi connectivity index (χ0v) is 12.6. The van der Waals surface area contributed by atoms with E-state index in [4.69, 9.17) is 14.6 Å². The highest BCUT2D eigenvalue weighted by molar-refractivity contribution is 7.10. The molecule has 0 bridgehead atoms. The summed E-state index contributed by atoms with van der Waals surface area (Å²) in [7, 11) is 0. The molecule has 0 unspecified atom stereocenters. The Balaban J connectivity index is 1.83. The van der Waals surface area contributed by atoms with Gasteiger partial charge in [0.1, 0.15) is 0 Å². The Kier molecular flexibility index (Phi) is 3.33. The minimum Gasteiger partial charge on any atom is -0.476 e. The van der Waals surface area contributed by atoms with E-state index in [-0.39, 0.29) is 17.9 Å². The lowest BCUT2D eigenvalue weighted by atomic mass is 9.86. The number of nitrogens with zero attached hydrogens (tertiary/aromatic N) is 1. The van der Waals surface area contributed by atoms with Crippen LogP contribution in [0.3, 0.4) is 0 Å². The number of benzene rings is 1. The van der Waals surface area contributed by atoms with Crippen LogP contribution >= 0.6 is 11.3 Å². The Labute approximate surface area is 126 Å². The molecule has 2 heterocycles. The number of ether oxygens (including phenoxy) is 2. The molecule has 0 saturated heterocycles. The number of carbonyl (C=O) groups is 1. The van der Waals surface area contributed by atoms with Crippen molar-refractivity contribution in [2.24, 2.45) is 0 Å². The normalized spacial score (nSPS) is 13.4. The van der Waals surface area contributed by atoms with Gasteiger partial charge in [-0.2, -0.15) is 0 Å². The first-order valence-corrected chi connectivity index (χ1v) is 7.41. The molecule has 0 fully saturated rings. The van der Waals surface area contributed by atoms with E-state index in [0.29, 0.717) is 0 Å². The fourth-order valence-corrected chi connectivity index (χ4v) is 3.24. The molecule has 1 aliphatic rings. The zero-order chi connectivity index (χ0) is 15.0. The van der Waals surface area contributed by atoms with Gasteiger partial charge in [-0.15, -0.1) is 11.3 Å². The van der Waals surface area contributed by atoms with E-state index in [9.17, 15) is 4.79 Å². The standard InChI is InChI=1S/C15H15NO4S/c1-15(2,14-16-10(7-21-14)13(17)18)6-9-3-4-11-12(5-9)20-8-19-11/h3-5,7H,6,8H2,1-2H3,(H,17,18). The molecule has 0 saturated carbocycles. The third-order valence-electron chi connectivity index (χ3n) is 3.39. The second-order valence-electron chi connectivity index (χ2n) is 5.59. The number of carboxylic acid groups (broad SMARTS) is 1. The van der Waals surface area contributed by atoms with Gasteiger partial charge in [-0.3, -0.25) is 0 Å². The number of aromatic nitrogens is 1. The molecule has 1 aromatic carbocycles. The summed E-state index contributed by atoms with van der Waals surface area (Å²) in [4.78, 5) is 15.2. The third-order valence-corrected chi connectivity index (χ3v) is 4.59. The molecule has 0 atom stereocenters. The highest BCUT2D eigenvalue weighted by Gasteiger charge is 2.27. The van der Waals surface area contributed by atoms with Crippen LogP contribution in [0.15, 0.2) is 23.6 Å². The van der Waals surface area contributed by atoms with Gasteiger partial charge in [-0.1, -0.05) is 19.9 Å². The van der Waals surface area contributed by atoms with Crippen LogP contribution in [0.2, 0.25) is 0 Å². The van der Waals surface area contributed by atoms with Crippen LogP contribution in [-0.4, -0.2) is 22.9 Å². The van der Waals surface area contributed by atoms with Gasteiger partial charge in [-0.25, -0.2) is 9.78 Å². The summed E-state index contributed by atoms with van der Waals surface area (Å²) >= 11 is 1.38. The predicted octanol–water partition coefficient (Wildman–Crippen LogP) is 3.09. The van der Waals surface area contributed by atoms with Crippen molar-refractivity contribution in [3.8, 4) is 11.5 Å². The molecule has 1 N–H and O–H groups in total. The maximum atomic E-state index is 10.9. The lowest BCUT2D eigenvalue weighted by Gasteiger charge is -2.22. The van der Waals surface area contributed by atoms with Gasteiger partial charge >= 0.3 is 5.97 Å². The van der Waals surface area contributed by atoms with Crippen molar-refractivity contribution >= 4 is 17.3 Å². The van der Waals surface area contributed by atoms with Gasteiger partial charge in [0, 0.05) is 10.8 Å².